The molecule has 1 aromatic carbocycles. The number of hydrazine groups is 1. The van der Waals surface area contributed by atoms with Crippen molar-refractivity contribution < 1.29 is 19.1 Å². The minimum Gasteiger partial charge on any atom is -0.494 e. The van der Waals surface area contributed by atoms with E-state index in [-0.39, 0.29) is 12.5 Å². The average molecular weight is 320 g/mol. The van der Waals surface area contributed by atoms with Crippen LogP contribution in [0.1, 0.15) is 16.6 Å². The summed E-state index contributed by atoms with van der Waals surface area (Å²) in [5, 5.41) is 1.78. The van der Waals surface area contributed by atoms with Crippen molar-refractivity contribution >= 4 is 23.2 Å². The lowest BCUT2D eigenvalue weighted by Gasteiger charge is -2.09. The molecule has 0 aliphatic carbocycles. The zero-order valence-electron chi connectivity index (χ0n) is 12.0. The molecular formula is C15H16N2O4S. The highest BCUT2D eigenvalue weighted by Crippen LogP contribution is 2.17. The summed E-state index contributed by atoms with van der Waals surface area (Å²) >= 11 is 1.29. The Kier molecular flexibility index (Phi) is 5.79. The maximum Gasteiger partial charge on any atom is 0.279 e. The molecule has 0 saturated heterocycles. The van der Waals surface area contributed by atoms with Gasteiger partial charge in [-0.25, -0.2) is 0 Å². The Balaban J connectivity index is 1.72. The van der Waals surface area contributed by atoms with Gasteiger partial charge >= 0.3 is 0 Å². The molecule has 1 heterocycles. The summed E-state index contributed by atoms with van der Waals surface area (Å²) in [5.41, 5.74) is 4.61. The summed E-state index contributed by atoms with van der Waals surface area (Å²) in [7, 11) is 0. The maximum absolute atomic E-state index is 11.6. The Hall–Kier alpha value is -2.54. The SMILES string of the molecule is CCOc1ccc(OCC(=O)NNC(=O)c2cccs2)cc1. The number of thiophene rings is 1. The zero-order valence-corrected chi connectivity index (χ0v) is 12.8. The average Bonchev–Trinajstić information content (AvgIpc) is 3.07. The van der Waals surface area contributed by atoms with Gasteiger partial charge in [0.15, 0.2) is 6.61 Å². The Labute approximate surface area is 132 Å². The van der Waals surface area contributed by atoms with Crippen molar-refractivity contribution in [2.45, 2.75) is 6.92 Å². The van der Waals surface area contributed by atoms with Gasteiger partial charge in [0.25, 0.3) is 11.8 Å². The van der Waals surface area contributed by atoms with Gasteiger partial charge in [-0.3, -0.25) is 20.4 Å². The lowest BCUT2D eigenvalue weighted by molar-refractivity contribution is -0.123. The van der Waals surface area contributed by atoms with Gasteiger partial charge in [0.2, 0.25) is 0 Å². The molecule has 2 N–H and O–H groups in total. The van der Waals surface area contributed by atoms with Crippen LogP contribution in [0.15, 0.2) is 41.8 Å². The summed E-state index contributed by atoms with van der Waals surface area (Å²) in [6, 6.07) is 10.4. The number of hydrogen-bond acceptors (Lipinski definition) is 5. The number of hydrogen-bond donors (Lipinski definition) is 2. The van der Waals surface area contributed by atoms with Gasteiger partial charge in [-0.15, -0.1) is 11.3 Å². The fourth-order valence-electron chi connectivity index (χ4n) is 1.58. The highest BCUT2D eigenvalue weighted by atomic mass is 32.1. The second-order valence-corrected chi connectivity index (χ2v) is 5.12. The van der Waals surface area contributed by atoms with Crippen molar-refractivity contribution in [3.05, 3.63) is 46.7 Å². The first-order valence-corrected chi connectivity index (χ1v) is 7.55. The molecule has 2 rings (SSSR count). The van der Waals surface area contributed by atoms with Gasteiger partial charge in [-0.2, -0.15) is 0 Å². The predicted molar refractivity (Wildman–Crippen MR) is 83.0 cm³/mol. The van der Waals surface area contributed by atoms with Crippen LogP contribution in [0.2, 0.25) is 0 Å². The molecule has 0 aliphatic rings. The lowest BCUT2D eigenvalue weighted by atomic mass is 10.3. The van der Waals surface area contributed by atoms with Crippen LogP contribution in [0.5, 0.6) is 11.5 Å². The smallest absolute Gasteiger partial charge is 0.279 e. The van der Waals surface area contributed by atoms with Crippen molar-refractivity contribution in [1.29, 1.82) is 0 Å². The van der Waals surface area contributed by atoms with Crippen LogP contribution in [0.3, 0.4) is 0 Å². The van der Waals surface area contributed by atoms with Gasteiger partial charge in [-0.1, -0.05) is 6.07 Å². The number of carbonyl (C=O) groups excluding carboxylic acids is 2. The molecule has 1 aromatic heterocycles. The lowest BCUT2D eigenvalue weighted by Crippen LogP contribution is -2.43. The van der Waals surface area contributed by atoms with E-state index >= 15 is 0 Å². The molecule has 7 heteroatoms. The second kappa shape index (κ2) is 8.04. The Morgan fingerprint density at radius 3 is 2.32 bits per heavy atom. The van der Waals surface area contributed by atoms with Crippen LogP contribution in [0.4, 0.5) is 0 Å². The van der Waals surface area contributed by atoms with E-state index in [1.165, 1.54) is 11.3 Å². The van der Waals surface area contributed by atoms with Crippen molar-refractivity contribution in [2.24, 2.45) is 0 Å². The van der Waals surface area contributed by atoms with E-state index in [9.17, 15) is 9.59 Å². The molecule has 0 atom stereocenters. The topological polar surface area (TPSA) is 76.7 Å². The molecule has 0 saturated carbocycles. The number of nitrogens with one attached hydrogen (secondary N) is 2. The Morgan fingerprint density at radius 1 is 1.05 bits per heavy atom. The number of amides is 2. The number of rotatable bonds is 6. The summed E-state index contributed by atoms with van der Waals surface area (Å²) < 4.78 is 10.6. The van der Waals surface area contributed by atoms with Crippen molar-refractivity contribution in [2.75, 3.05) is 13.2 Å². The highest BCUT2D eigenvalue weighted by Gasteiger charge is 2.08. The normalized spacial score (nSPS) is 9.86. The second-order valence-electron chi connectivity index (χ2n) is 4.17. The van der Waals surface area contributed by atoms with Gasteiger partial charge < -0.3 is 9.47 Å². The molecular weight excluding hydrogens is 304 g/mol. The minimum atomic E-state index is -0.446. The van der Waals surface area contributed by atoms with E-state index < -0.39 is 5.91 Å². The van der Waals surface area contributed by atoms with Crippen molar-refractivity contribution in [3.8, 4) is 11.5 Å². The van der Waals surface area contributed by atoms with Crippen LogP contribution < -0.4 is 20.3 Å². The molecule has 0 aliphatic heterocycles. The number of carbonyl (C=O) groups is 2. The largest absolute Gasteiger partial charge is 0.494 e. The predicted octanol–water partition coefficient (Wildman–Crippen LogP) is 1.99. The van der Waals surface area contributed by atoms with Crippen LogP contribution in [0, 0.1) is 0 Å². The molecule has 0 fully saturated rings. The van der Waals surface area contributed by atoms with Gasteiger partial charge in [-0.05, 0) is 42.6 Å². The molecule has 0 bridgehead atoms. The fourth-order valence-corrected chi connectivity index (χ4v) is 2.20. The zero-order chi connectivity index (χ0) is 15.8. The molecule has 2 aromatic rings. The molecule has 6 nitrogen and oxygen atoms in total. The molecule has 116 valence electrons. The first-order chi connectivity index (χ1) is 10.7. The summed E-state index contributed by atoms with van der Waals surface area (Å²) in [4.78, 5) is 23.7. The molecule has 22 heavy (non-hydrogen) atoms. The fraction of sp³-hybridized carbons (Fsp3) is 0.200. The molecule has 2 amide bonds. The summed E-state index contributed by atoms with van der Waals surface area (Å²) in [6.07, 6.45) is 0. The third-order valence-corrected chi connectivity index (χ3v) is 3.43. The van der Waals surface area contributed by atoms with Crippen LogP contribution in [0.25, 0.3) is 0 Å². The molecule has 0 spiro atoms. The van der Waals surface area contributed by atoms with E-state index in [1.807, 2.05) is 6.92 Å². The minimum absolute atomic E-state index is 0.196. The van der Waals surface area contributed by atoms with E-state index in [4.69, 9.17) is 9.47 Å². The monoisotopic (exact) mass is 320 g/mol. The Morgan fingerprint density at radius 2 is 1.73 bits per heavy atom. The third-order valence-electron chi connectivity index (χ3n) is 2.57. The van der Waals surface area contributed by atoms with E-state index in [0.717, 1.165) is 5.75 Å². The van der Waals surface area contributed by atoms with Gasteiger partial charge in [0.05, 0.1) is 11.5 Å². The van der Waals surface area contributed by atoms with E-state index in [2.05, 4.69) is 10.9 Å². The standard InChI is InChI=1S/C15H16N2O4S/c1-2-20-11-5-7-12(8-6-11)21-10-14(18)16-17-15(19)13-4-3-9-22-13/h3-9H,2,10H2,1H3,(H,16,18)(H,17,19). The van der Waals surface area contributed by atoms with Crippen molar-refractivity contribution in [1.82, 2.24) is 10.9 Å². The van der Waals surface area contributed by atoms with Gasteiger partial charge in [0.1, 0.15) is 11.5 Å². The van der Waals surface area contributed by atoms with Gasteiger partial charge in [0, 0.05) is 0 Å². The van der Waals surface area contributed by atoms with Crippen LogP contribution in [-0.4, -0.2) is 25.0 Å². The number of ether oxygens (including phenoxy) is 2. The van der Waals surface area contributed by atoms with E-state index in [1.54, 1.807) is 41.8 Å². The number of benzene rings is 1. The first kappa shape index (κ1) is 15.8. The first-order valence-electron chi connectivity index (χ1n) is 6.67. The third kappa shape index (κ3) is 4.78. The maximum atomic E-state index is 11.6. The summed E-state index contributed by atoms with van der Waals surface area (Å²) in [5.74, 6) is 0.480. The Bertz CT molecular complexity index is 611. The van der Waals surface area contributed by atoms with Crippen LogP contribution in [-0.2, 0) is 4.79 Å². The molecule has 0 radical (unpaired) electrons. The van der Waals surface area contributed by atoms with E-state index in [0.29, 0.717) is 17.2 Å². The highest BCUT2D eigenvalue weighted by molar-refractivity contribution is 7.12. The summed E-state index contributed by atoms with van der Waals surface area (Å²) in [6.45, 7) is 2.30. The van der Waals surface area contributed by atoms with Crippen LogP contribution >= 0.6 is 11.3 Å². The quantitative estimate of drug-likeness (QED) is 0.798. The van der Waals surface area contributed by atoms with Crippen molar-refractivity contribution in [3.63, 3.8) is 0 Å². The molecule has 0 unspecified atom stereocenters.